The number of hydrogen-bond acceptors (Lipinski definition) is 5. The number of aromatic nitrogens is 3. The van der Waals surface area contributed by atoms with E-state index < -0.39 is 0 Å². The number of rotatable bonds is 6. The lowest BCUT2D eigenvalue weighted by Gasteiger charge is -2.34. The van der Waals surface area contributed by atoms with Crippen molar-refractivity contribution in [1.82, 2.24) is 24.6 Å². The molecule has 1 N–H and O–H groups in total. The Morgan fingerprint density at radius 2 is 1.73 bits per heavy atom. The van der Waals surface area contributed by atoms with Crippen molar-refractivity contribution in [3.05, 3.63) is 77.5 Å². The van der Waals surface area contributed by atoms with E-state index in [1.165, 1.54) is 0 Å². The van der Waals surface area contributed by atoms with Crippen LogP contribution in [0.5, 0.6) is 0 Å². The molecular weight excluding hydrogens is 464 g/mol. The molecule has 2 amide bonds. The molecule has 0 bridgehead atoms. The van der Waals surface area contributed by atoms with Gasteiger partial charge in [0.2, 0.25) is 5.91 Å². The van der Waals surface area contributed by atoms with Crippen molar-refractivity contribution in [2.24, 2.45) is 0 Å². The third-order valence-electron chi connectivity index (χ3n) is 7.11. The standard InChI is InChI=1S/C29H32N6O2/c1-4-35-28-24(18-30-35)23(17-26(32-28)22-10-6-5-7-11-22)29(37)34-15-13-33(14-16-34)19-27(36)31-25-12-8-9-20(2)21(25)3/h5-12,17-18H,4,13-16,19H2,1-3H3,(H,31,36). The van der Waals surface area contributed by atoms with Crippen LogP contribution < -0.4 is 5.32 Å². The van der Waals surface area contributed by atoms with Gasteiger partial charge in [0.1, 0.15) is 0 Å². The zero-order chi connectivity index (χ0) is 25.9. The van der Waals surface area contributed by atoms with Gasteiger partial charge in [-0.2, -0.15) is 5.10 Å². The van der Waals surface area contributed by atoms with Crippen molar-refractivity contribution < 1.29 is 9.59 Å². The molecular formula is C29H32N6O2. The molecule has 2 aromatic heterocycles. The minimum absolute atomic E-state index is 0.0280. The Kier molecular flexibility index (Phi) is 7.01. The van der Waals surface area contributed by atoms with Gasteiger partial charge in [-0.05, 0) is 44.0 Å². The highest BCUT2D eigenvalue weighted by Crippen LogP contribution is 2.26. The predicted molar refractivity (Wildman–Crippen MR) is 146 cm³/mol. The van der Waals surface area contributed by atoms with Gasteiger partial charge in [0.15, 0.2) is 5.65 Å². The topological polar surface area (TPSA) is 83.4 Å². The number of pyridine rings is 1. The molecule has 1 aliphatic heterocycles. The van der Waals surface area contributed by atoms with E-state index in [1.807, 2.05) is 85.0 Å². The Labute approximate surface area is 216 Å². The summed E-state index contributed by atoms with van der Waals surface area (Å²) < 4.78 is 1.82. The summed E-state index contributed by atoms with van der Waals surface area (Å²) in [4.78, 5) is 35.2. The van der Waals surface area contributed by atoms with Crippen molar-refractivity contribution in [1.29, 1.82) is 0 Å². The number of benzene rings is 2. The highest BCUT2D eigenvalue weighted by atomic mass is 16.2. The number of fused-ring (bicyclic) bond motifs is 1. The zero-order valence-electron chi connectivity index (χ0n) is 21.6. The van der Waals surface area contributed by atoms with Crippen molar-refractivity contribution in [3.8, 4) is 11.3 Å². The Bertz CT molecular complexity index is 1440. The fourth-order valence-electron chi connectivity index (χ4n) is 4.77. The van der Waals surface area contributed by atoms with E-state index in [1.54, 1.807) is 6.20 Å². The van der Waals surface area contributed by atoms with Gasteiger partial charge < -0.3 is 10.2 Å². The van der Waals surface area contributed by atoms with Crippen molar-refractivity contribution in [3.63, 3.8) is 0 Å². The van der Waals surface area contributed by atoms with Gasteiger partial charge in [0, 0.05) is 44.0 Å². The average molecular weight is 497 g/mol. The van der Waals surface area contributed by atoms with Gasteiger partial charge in [0.05, 0.1) is 29.4 Å². The molecule has 4 aromatic rings. The van der Waals surface area contributed by atoms with Crippen molar-refractivity contribution >= 4 is 28.5 Å². The first-order chi connectivity index (χ1) is 17.9. The molecule has 2 aromatic carbocycles. The first-order valence-corrected chi connectivity index (χ1v) is 12.7. The smallest absolute Gasteiger partial charge is 0.254 e. The summed E-state index contributed by atoms with van der Waals surface area (Å²) in [5.41, 5.74) is 6.13. The number of aryl methyl sites for hydroxylation is 2. The SMILES string of the molecule is CCn1ncc2c(C(=O)N3CCN(CC(=O)Nc4cccc(C)c4C)CC3)cc(-c3ccccc3)nc21. The second-order valence-electron chi connectivity index (χ2n) is 9.48. The number of nitrogens with one attached hydrogen (secondary N) is 1. The van der Waals surface area contributed by atoms with E-state index in [0.29, 0.717) is 50.5 Å². The van der Waals surface area contributed by atoms with Crippen molar-refractivity contribution in [2.75, 3.05) is 38.0 Å². The molecule has 1 fully saturated rings. The number of anilines is 1. The van der Waals surface area contributed by atoms with Crippen LogP contribution in [0.1, 0.15) is 28.4 Å². The maximum Gasteiger partial charge on any atom is 0.254 e. The Hall–Kier alpha value is -4.04. The Morgan fingerprint density at radius 3 is 2.46 bits per heavy atom. The molecule has 0 atom stereocenters. The minimum Gasteiger partial charge on any atom is -0.336 e. The number of nitrogens with zero attached hydrogens (tertiary/aromatic N) is 5. The summed E-state index contributed by atoms with van der Waals surface area (Å²) in [6.07, 6.45) is 1.74. The molecule has 8 heteroatoms. The number of piperazine rings is 1. The highest BCUT2D eigenvalue weighted by molar-refractivity contribution is 6.06. The summed E-state index contributed by atoms with van der Waals surface area (Å²) in [7, 11) is 0. The fraction of sp³-hybridized carbons (Fsp3) is 0.310. The van der Waals surface area contributed by atoms with Crippen LogP contribution in [0.4, 0.5) is 5.69 Å². The minimum atomic E-state index is -0.0381. The van der Waals surface area contributed by atoms with Gasteiger partial charge in [-0.3, -0.25) is 14.5 Å². The monoisotopic (exact) mass is 496 g/mol. The first-order valence-electron chi connectivity index (χ1n) is 12.7. The Morgan fingerprint density at radius 1 is 0.973 bits per heavy atom. The summed E-state index contributed by atoms with van der Waals surface area (Å²) in [6.45, 7) is 9.43. The normalized spacial score (nSPS) is 14.2. The van der Waals surface area contributed by atoms with Crippen molar-refractivity contribution in [2.45, 2.75) is 27.3 Å². The number of carbonyl (C=O) groups is 2. The van der Waals surface area contributed by atoms with Crippen LogP contribution in [-0.2, 0) is 11.3 Å². The molecule has 8 nitrogen and oxygen atoms in total. The van der Waals surface area contributed by atoms with E-state index in [-0.39, 0.29) is 11.8 Å². The molecule has 0 saturated carbocycles. The molecule has 190 valence electrons. The largest absolute Gasteiger partial charge is 0.336 e. The van der Waals surface area contributed by atoms with E-state index in [4.69, 9.17) is 4.98 Å². The quantitative estimate of drug-likeness (QED) is 0.434. The summed E-state index contributed by atoms with van der Waals surface area (Å²) in [5, 5.41) is 8.25. The maximum absolute atomic E-state index is 13.7. The van der Waals surface area contributed by atoms with Gasteiger partial charge in [0.25, 0.3) is 5.91 Å². The summed E-state index contributed by atoms with van der Waals surface area (Å²) in [6, 6.07) is 17.7. The molecule has 5 rings (SSSR count). The van der Waals surface area contributed by atoms with E-state index in [0.717, 1.165) is 33.5 Å². The van der Waals surface area contributed by atoms with Crippen LogP contribution in [0, 0.1) is 13.8 Å². The van der Waals surface area contributed by atoms with Gasteiger partial charge in [-0.25, -0.2) is 9.67 Å². The zero-order valence-corrected chi connectivity index (χ0v) is 21.6. The van der Waals surface area contributed by atoms with Gasteiger partial charge in [-0.15, -0.1) is 0 Å². The van der Waals surface area contributed by atoms with Gasteiger partial charge >= 0.3 is 0 Å². The number of carbonyl (C=O) groups excluding carboxylic acids is 2. The highest BCUT2D eigenvalue weighted by Gasteiger charge is 2.26. The predicted octanol–water partition coefficient (Wildman–Crippen LogP) is 4.13. The molecule has 0 spiro atoms. The number of hydrogen-bond donors (Lipinski definition) is 1. The van der Waals surface area contributed by atoms with Crippen LogP contribution in [0.2, 0.25) is 0 Å². The average Bonchev–Trinajstić information content (AvgIpc) is 3.34. The maximum atomic E-state index is 13.7. The van der Waals surface area contributed by atoms with Crippen LogP contribution in [-0.4, -0.2) is 69.1 Å². The molecule has 37 heavy (non-hydrogen) atoms. The molecule has 0 radical (unpaired) electrons. The lowest BCUT2D eigenvalue weighted by Crippen LogP contribution is -2.50. The lowest BCUT2D eigenvalue weighted by atomic mass is 10.1. The van der Waals surface area contributed by atoms with E-state index in [2.05, 4.69) is 15.3 Å². The first kappa shape index (κ1) is 24.6. The Balaban J connectivity index is 1.29. The van der Waals surface area contributed by atoms with E-state index >= 15 is 0 Å². The molecule has 1 saturated heterocycles. The second kappa shape index (κ2) is 10.5. The van der Waals surface area contributed by atoms with E-state index in [9.17, 15) is 9.59 Å². The summed E-state index contributed by atoms with van der Waals surface area (Å²) in [5.74, 6) is -0.0662. The van der Waals surface area contributed by atoms with Crippen LogP contribution in [0.25, 0.3) is 22.3 Å². The third-order valence-corrected chi connectivity index (χ3v) is 7.11. The molecule has 0 aliphatic carbocycles. The van der Waals surface area contributed by atoms with Crippen LogP contribution >= 0.6 is 0 Å². The fourth-order valence-corrected chi connectivity index (χ4v) is 4.77. The molecule has 3 heterocycles. The van der Waals surface area contributed by atoms with Crippen LogP contribution in [0.15, 0.2) is 60.8 Å². The lowest BCUT2D eigenvalue weighted by molar-refractivity contribution is -0.117. The summed E-state index contributed by atoms with van der Waals surface area (Å²) >= 11 is 0. The second-order valence-corrected chi connectivity index (χ2v) is 9.48. The van der Waals surface area contributed by atoms with Crippen LogP contribution in [0.3, 0.4) is 0 Å². The molecule has 0 unspecified atom stereocenters. The third kappa shape index (κ3) is 5.11. The molecule has 1 aliphatic rings. The number of amides is 2. The van der Waals surface area contributed by atoms with Gasteiger partial charge in [-0.1, -0.05) is 42.5 Å².